The van der Waals surface area contributed by atoms with Gasteiger partial charge in [-0.2, -0.15) is 0 Å². The van der Waals surface area contributed by atoms with Crippen molar-refractivity contribution in [2.45, 2.75) is 19.4 Å². The lowest BCUT2D eigenvalue weighted by Gasteiger charge is -2.11. The predicted octanol–water partition coefficient (Wildman–Crippen LogP) is 1.73. The third-order valence-electron chi connectivity index (χ3n) is 2.90. The van der Waals surface area contributed by atoms with E-state index in [0.717, 1.165) is 29.9 Å². The second-order valence-electron chi connectivity index (χ2n) is 4.17. The molecular formula is C13H17NO3. The van der Waals surface area contributed by atoms with Crippen molar-refractivity contribution in [1.82, 2.24) is 5.32 Å². The summed E-state index contributed by atoms with van der Waals surface area (Å²) >= 11 is 0. The van der Waals surface area contributed by atoms with E-state index < -0.39 is 0 Å². The van der Waals surface area contributed by atoms with Crippen LogP contribution in [0, 0.1) is 5.92 Å². The van der Waals surface area contributed by atoms with Crippen LogP contribution >= 0.6 is 0 Å². The Morgan fingerprint density at radius 1 is 1.35 bits per heavy atom. The topological polar surface area (TPSA) is 47.6 Å². The van der Waals surface area contributed by atoms with Gasteiger partial charge in [-0.15, -0.1) is 0 Å². The number of methoxy groups -OCH3 is 2. The average Bonchev–Trinajstić information content (AvgIpc) is 3.19. The molecule has 17 heavy (non-hydrogen) atoms. The minimum absolute atomic E-state index is 0.142. The van der Waals surface area contributed by atoms with Crippen molar-refractivity contribution < 1.29 is 14.3 Å². The predicted molar refractivity (Wildman–Crippen MR) is 64.1 cm³/mol. The molecule has 0 atom stereocenters. The third kappa shape index (κ3) is 2.90. The first-order valence-electron chi connectivity index (χ1n) is 5.73. The van der Waals surface area contributed by atoms with Gasteiger partial charge in [0.25, 0.3) is 0 Å². The highest BCUT2D eigenvalue weighted by Crippen LogP contribution is 2.29. The van der Waals surface area contributed by atoms with Crippen LogP contribution in [0.25, 0.3) is 0 Å². The standard InChI is InChI=1S/C13H17NO3/c1-16-11-6-5-10(12(7-11)17-2)8-14-13(15)9-3-4-9/h5-7,9H,3-4,8H2,1-2H3,(H,14,15). The van der Waals surface area contributed by atoms with Gasteiger partial charge in [0.1, 0.15) is 11.5 Å². The van der Waals surface area contributed by atoms with Crippen LogP contribution in [0.4, 0.5) is 0 Å². The Kier molecular flexibility index (Phi) is 3.52. The molecule has 1 N–H and O–H groups in total. The number of amides is 1. The van der Waals surface area contributed by atoms with E-state index >= 15 is 0 Å². The maximum atomic E-state index is 11.5. The smallest absolute Gasteiger partial charge is 0.223 e. The van der Waals surface area contributed by atoms with Crippen molar-refractivity contribution in [2.75, 3.05) is 14.2 Å². The van der Waals surface area contributed by atoms with Crippen LogP contribution in [0.5, 0.6) is 11.5 Å². The fourth-order valence-corrected chi connectivity index (χ4v) is 1.67. The van der Waals surface area contributed by atoms with Crippen molar-refractivity contribution in [3.63, 3.8) is 0 Å². The molecule has 1 saturated carbocycles. The number of nitrogens with one attached hydrogen (secondary N) is 1. The Labute approximate surface area is 101 Å². The summed E-state index contributed by atoms with van der Waals surface area (Å²) in [6, 6.07) is 5.59. The number of carbonyl (C=O) groups is 1. The molecule has 2 rings (SSSR count). The largest absolute Gasteiger partial charge is 0.497 e. The van der Waals surface area contributed by atoms with E-state index in [1.54, 1.807) is 14.2 Å². The summed E-state index contributed by atoms with van der Waals surface area (Å²) in [4.78, 5) is 11.5. The summed E-state index contributed by atoms with van der Waals surface area (Å²) in [6.45, 7) is 0.502. The quantitative estimate of drug-likeness (QED) is 0.845. The molecule has 0 radical (unpaired) electrons. The van der Waals surface area contributed by atoms with E-state index in [2.05, 4.69) is 5.32 Å². The average molecular weight is 235 g/mol. The normalized spacial score (nSPS) is 14.2. The maximum Gasteiger partial charge on any atom is 0.223 e. The minimum atomic E-state index is 0.142. The Morgan fingerprint density at radius 2 is 2.12 bits per heavy atom. The molecule has 0 aromatic heterocycles. The van der Waals surface area contributed by atoms with Gasteiger partial charge in [-0.25, -0.2) is 0 Å². The number of carbonyl (C=O) groups excluding carboxylic acids is 1. The molecule has 1 fully saturated rings. The summed E-state index contributed by atoms with van der Waals surface area (Å²) in [6.07, 6.45) is 2.04. The molecule has 0 unspecified atom stereocenters. The van der Waals surface area contributed by atoms with E-state index in [0.29, 0.717) is 6.54 Å². The van der Waals surface area contributed by atoms with Crippen molar-refractivity contribution in [3.05, 3.63) is 23.8 Å². The molecule has 0 aliphatic heterocycles. The summed E-state index contributed by atoms with van der Waals surface area (Å²) in [5.41, 5.74) is 0.960. The first-order chi connectivity index (χ1) is 8.24. The lowest BCUT2D eigenvalue weighted by molar-refractivity contribution is -0.122. The molecule has 1 aliphatic rings. The second kappa shape index (κ2) is 5.08. The summed E-state index contributed by atoms with van der Waals surface area (Å²) in [5, 5.41) is 2.91. The highest BCUT2D eigenvalue weighted by Gasteiger charge is 2.29. The molecular weight excluding hydrogens is 218 g/mol. The van der Waals surface area contributed by atoms with Crippen molar-refractivity contribution in [1.29, 1.82) is 0 Å². The molecule has 1 aromatic carbocycles. The number of hydrogen-bond acceptors (Lipinski definition) is 3. The number of benzene rings is 1. The molecule has 4 heteroatoms. The lowest BCUT2D eigenvalue weighted by Crippen LogP contribution is -2.24. The van der Waals surface area contributed by atoms with Crippen LogP contribution in [-0.4, -0.2) is 20.1 Å². The molecule has 1 amide bonds. The molecule has 4 nitrogen and oxygen atoms in total. The molecule has 0 bridgehead atoms. The highest BCUT2D eigenvalue weighted by molar-refractivity contribution is 5.80. The van der Waals surface area contributed by atoms with Gasteiger partial charge in [0.15, 0.2) is 0 Å². The van der Waals surface area contributed by atoms with Gasteiger partial charge in [0, 0.05) is 24.1 Å². The zero-order chi connectivity index (χ0) is 12.3. The van der Waals surface area contributed by atoms with Gasteiger partial charge in [0.2, 0.25) is 5.91 Å². The zero-order valence-corrected chi connectivity index (χ0v) is 10.2. The fraction of sp³-hybridized carbons (Fsp3) is 0.462. The summed E-state index contributed by atoms with van der Waals surface area (Å²) in [5.74, 6) is 1.86. The second-order valence-corrected chi connectivity index (χ2v) is 4.17. The number of rotatable bonds is 5. The van der Waals surface area contributed by atoms with Crippen LogP contribution in [0.1, 0.15) is 18.4 Å². The Balaban J connectivity index is 2.01. The van der Waals surface area contributed by atoms with Gasteiger partial charge >= 0.3 is 0 Å². The highest BCUT2D eigenvalue weighted by atomic mass is 16.5. The first-order valence-corrected chi connectivity index (χ1v) is 5.73. The van der Waals surface area contributed by atoms with E-state index in [4.69, 9.17) is 9.47 Å². The summed E-state index contributed by atoms with van der Waals surface area (Å²) < 4.78 is 10.4. The minimum Gasteiger partial charge on any atom is -0.497 e. The third-order valence-corrected chi connectivity index (χ3v) is 2.90. The molecule has 0 spiro atoms. The summed E-state index contributed by atoms with van der Waals surface area (Å²) in [7, 11) is 3.23. The zero-order valence-electron chi connectivity index (χ0n) is 10.2. The van der Waals surface area contributed by atoms with Crippen LogP contribution in [-0.2, 0) is 11.3 Å². The van der Waals surface area contributed by atoms with Crippen LogP contribution < -0.4 is 14.8 Å². The van der Waals surface area contributed by atoms with Gasteiger partial charge in [0.05, 0.1) is 14.2 Å². The van der Waals surface area contributed by atoms with Gasteiger partial charge in [-0.3, -0.25) is 4.79 Å². The molecule has 92 valence electrons. The molecule has 1 aliphatic carbocycles. The monoisotopic (exact) mass is 235 g/mol. The Bertz CT molecular complexity index is 413. The van der Waals surface area contributed by atoms with Gasteiger partial charge in [-0.05, 0) is 25.0 Å². The number of ether oxygens (including phenoxy) is 2. The van der Waals surface area contributed by atoms with Crippen LogP contribution in [0.15, 0.2) is 18.2 Å². The fourth-order valence-electron chi connectivity index (χ4n) is 1.67. The first kappa shape index (κ1) is 11.8. The number of hydrogen-bond donors (Lipinski definition) is 1. The van der Waals surface area contributed by atoms with E-state index in [-0.39, 0.29) is 11.8 Å². The SMILES string of the molecule is COc1ccc(CNC(=O)C2CC2)c(OC)c1. The van der Waals surface area contributed by atoms with Crippen molar-refractivity contribution >= 4 is 5.91 Å². The van der Waals surface area contributed by atoms with Crippen LogP contribution in [0.2, 0.25) is 0 Å². The van der Waals surface area contributed by atoms with E-state index in [9.17, 15) is 4.79 Å². The molecule has 1 aromatic rings. The van der Waals surface area contributed by atoms with Crippen LogP contribution in [0.3, 0.4) is 0 Å². The van der Waals surface area contributed by atoms with E-state index in [1.165, 1.54) is 0 Å². The maximum absolute atomic E-state index is 11.5. The van der Waals surface area contributed by atoms with E-state index in [1.807, 2.05) is 18.2 Å². The lowest BCUT2D eigenvalue weighted by atomic mass is 10.2. The van der Waals surface area contributed by atoms with Gasteiger partial charge < -0.3 is 14.8 Å². The van der Waals surface area contributed by atoms with Crippen molar-refractivity contribution in [3.8, 4) is 11.5 Å². The van der Waals surface area contributed by atoms with Gasteiger partial charge in [-0.1, -0.05) is 0 Å². The molecule has 0 saturated heterocycles. The molecule has 0 heterocycles. The van der Waals surface area contributed by atoms with Crippen molar-refractivity contribution in [2.24, 2.45) is 5.92 Å². The Hall–Kier alpha value is -1.71. The Morgan fingerprint density at radius 3 is 2.71 bits per heavy atom.